The minimum Gasteiger partial charge on any atom is -0.450 e. The fourth-order valence-electron chi connectivity index (χ4n) is 1.83. The fourth-order valence-corrected chi connectivity index (χ4v) is 1.83. The summed E-state index contributed by atoms with van der Waals surface area (Å²) in [6, 6.07) is 5.75. The molecule has 0 bridgehead atoms. The van der Waals surface area contributed by atoms with E-state index >= 15 is 0 Å². The predicted molar refractivity (Wildman–Crippen MR) is 79.4 cm³/mol. The van der Waals surface area contributed by atoms with Gasteiger partial charge in [0.05, 0.1) is 12.7 Å². The first-order chi connectivity index (χ1) is 9.69. The Morgan fingerprint density at radius 2 is 1.90 bits per heavy atom. The minimum absolute atomic E-state index is 0.0992. The van der Waals surface area contributed by atoms with Crippen LogP contribution in [-0.2, 0) is 4.74 Å². The van der Waals surface area contributed by atoms with Crippen LogP contribution in [0.5, 0.6) is 0 Å². The highest BCUT2D eigenvalue weighted by Crippen LogP contribution is 2.24. The average molecular weight is 297 g/mol. The molecule has 0 unspecified atom stereocenters. The van der Waals surface area contributed by atoms with E-state index < -0.39 is 12.2 Å². The van der Waals surface area contributed by atoms with Crippen molar-refractivity contribution in [2.75, 3.05) is 6.61 Å². The molecule has 5 heteroatoms. The molecule has 0 radical (unpaired) electrons. The van der Waals surface area contributed by atoms with Crippen LogP contribution < -0.4 is 5.32 Å². The first-order valence-corrected chi connectivity index (χ1v) is 7.07. The molecule has 0 saturated carbocycles. The number of aliphatic hydroxyl groups is 1. The van der Waals surface area contributed by atoms with Crippen molar-refractivity contribution in [1.29, 1.82) is 0 Å². The molecule has 1 amide bonds. The van der Waals surface area contributed by atoms with Gasteiger partial charge in [-0.1, -0.05) is 19.1 Å². The van der Waals surface area contributed by atoms with E-state index in [9.17, 15) is 14.3 Å². The lowest BCUT2D eigenvalue weighted by atomic mass is 9.95. The molecule has 21 heavy (non-hydrogen) atoms. The third-order valence-corrected chi connectivity index (χ3v) is 3.03. The zero-order valence-electron chi connectivity index (χ0n) is 13.0. The van der Waals surface area contributed by atoms with Crippen molar-refractivity contribution in [3.05, 3.63) is 35.6 Å². The highest BCUT2D eigenvalue weighted by molar-refractivity contribution is 5.67. The Kier molecular flexibility index (Phi) is 6.15. The Labute approximate surface area is 125 Å². The van der Waals surface area contributed by atoms with Gasteiger partial charge in [-0.15, -0.1) is 0 Å². The normalized spacial score (nSPS) is 14.4. The molecule has 2 atom stereocenters. The van der Waals surface area contributed by atoms with E-state index in [1.165, 1.54) is 12.1 Å². The van der Waals surface area contributed by atoms with Crippen LogP contribution >= 0.6 is 0 Å². The molecule has 0 aliphatic heterocycles. The quantitative estimate of drug-likeness (QED) is 0.875. The SMILES string of the molecule is C[C@H](CCOC(=O)NC(C)(C)C)[C@@H](O)c1ccc(F)cc1. The Bertz CT molecular complexity index is 454. The van der Waals surface area contributed by atoms with Gasteiger partial charge < -0.3 is 15.2 Å². The third-order valence-electron chi connectivity index (χ3n) is 3.03. The highest BCUT2D eigenvalue weighted by Gasteiger charge is 2.18. The van der Waals surface area contributed by atoms with Crippen LogP contribution in [0.1, 0.15) is 45.8 Å². The van der Waals surface area contributed by atoms with Gasteiger partial charge in [0.2, 0.25) is 0 Å². The van der Waals surface area contributed by atoms with E-state index in [4.69, 9.17) is 4.74 Å². The van der Waals surface area contributed by atoms with E-state index in [0.717, 1.165) is 0 Å². The Hall–Kier alpha value is -1.62. The summed E-state index contributed by atoms with van der Waals surface area (Å²) in [5.41, 5.74) is 0.319. The third kappa shape index (κ3) is 6.58. The van der Waals surface area contributed by atoms with Crippen LogP contribution in [0.25, 0.3) is 0 Å². The monoisotopic (exact) mass is 297 g/mol. The summed E-state index contributed by atoms with van der Waals surface area (Å²) in [5.74, 6) is -0.432. The summed E-state index contributed by atoms with van der Waals surface area (Å²) >= 11 is 0. The van der Waals surface area contributed by atoms with Gasteiger partial charge in [-0.3, -0.25) is 0 Å². The van der Waals surface area contributed by atoms with Crippen LogP contribution in [-0.4, -0.2) is 23.3 Å². The van der Waals surface area contributed by atoms with Crippen molar-refractivity contribution in [2.45, 2.75) is 45.8 Å². The van der Waals surface area contributed by atoms with Crippen molar-refractivity contribution in [3.8, 4) is 0 Å². The number of nitrogens with one attached hydrogen (secondary N) is 1. The van der Waals surface area contributed by atoms with Gasteiger partial charge in [0, 0.05) is 5.54 Å². The van der Waals surface area contributed by atoms with E-state index in [1.54, 1.807) is 12.1 Å². The number of alkyl carbamates (subject to hydrolysis) is 1. The van der Waals surface area contributed by atoms with Gasteiger partial charge >= 0.3 is 6.09 Å². The zero-order valence-corrected chi connectivity index (χ0v) is 13.0. The number of rotatable bonds is 5. The Balaban J connectivity index is 2.38. The summed E-state index contributed by atoms with van der Waals surface area (Å²) in [6.45, 7) is 7.69. The van der Waals surface area contributed by atoms with Crippen molar-refractivity contribution in [2.24, 2.45) is 5.92 Å². The number of amides is 1. The number of halogens is 1. The smallest absolute Gasteiger partial charge is 0.407 e. The molecule has 1 aromatic rings. The number of aliphatic hydroxyl groups excluding tert-OH is 1. The second kappa shape index (κ2) is 7.41. The molecule has 4 nitrogen and oxygen atoms in total. The van der Waals surface area contributed by atoms with Gasteiger partial charge in [0.1, 0.15) is 5.82 Å². The second-order valence-corrected chi connectivity index (χ2v) is 6.27. The lowest BCUT2D eigenvalue weighted by Crippen LogP contribution is -2.41. The lowest BCUT2D eigenvalue weighted by Gasteiger charge is -2.22. The van der Waals surface area contributed by atoms with Gasteiger partial charge in [0.25, 0.3) is 0 Å². The first-order valence-electron chi connectivity index (χ1n) is 7.07. The molecule has 0 spiro atoms. The molecule has 2 N–H and O–H groups in total. The summed E-state index contributed by atoms with van der Waals surface area (Å²) in [7, 11) is 0. The molecular formula is C16H24FNO3. The molecular weight excluding hydrogens is 273 g/mol. The fraction of sp³-hybridized carbons (Fsp3) is 0.562. The predicted octanol–water partition coefficient (Wildman–Crippen LogP) is 3.41. The van der Waals surface area contributed by atoms with Crippen molar-refractivity contribution < 1.29 is 19.0 Å². The topological polar surface area (TPSA) is 58.6 Å². The van der Waals surface area contributed by atoms with Crippen molar-refractivity contribution in [3.63, 3.8) is 0 Å². The maximum absolute atomic E-state index is 12.8. The summed E-state index contributed by atoms with van der Waals surface area (Å²) in [4.78, 5) is 11.5. The van der Waals surface area contributed by atoms with E-state index in [-0.39, 0.29) is 23.9 Å². The van der Waals surface area contributed by atoms with E-state index in [0.29, 0.717) is 12.0 Å². The van der Waals surface area contributed by atoms with Crippen LogP contribution in [0.3, 0.4) is 0 Å². The molecule has 0 aliphatic carbocycles. The van der Waals surface area contributed by atoms with Crippen molar-refractivity contribution in [1.82, 2.24) is 5.32 Å². The van der Waals surface area contributed by atoms with Crippen LogP contribution in [0, 0.1) is 11.7 Å². The van der Waals surface area contributed by atoms with Crippen molar-refractivity contribution >= 4 is 6.09 Å². The number of carbonyl (C=O) groups excluding carboxylic acids is 1. The van der Waals surface area contributed by atoms with Gasteiger partial charge in [-0.25, -0.2) is 9.18 Å². The molecule has 0 aromatic heterocycles. The number of ether oxygens (including phenoxy) is 1. The molecule has 0 aliphatic rings. The molecule has 0 fully saturated rings. The molecule has 1 aromatic carbocycles. The Morgan fingerprint density at radius 1 is 1.33 bits per heavy atom. The molecule has 118 valence electrons. The zero-order chi connectivity index (χ0) is 16.0. The van der Waals surface area contributed by atoms with E-state index in [1.807, 2.05) is 27.7 Å². The maximum Gasteiger partial charge on any atom is 0.407 e. The molecule has 0 saturated heterocycles. The minimum atomic E-state index is -0.708. The van der Waals surface area contributed by atoms with Crippen LogP contribution in [0.2, 0.25) is 0 Å². The lowest BCUT2D eigenvalue weighted by molar-refractivity contribution is 0.0860. The second-order valence-electron chi connectivity index (χ2n) is 6.27. The summed E-state index contributed by atoms with van der Waals surface area (Å²) in [5, 5.41) is 12.8. The average Bonchev–Trinajstić information content (AvgIpc) is 2.36. The standard InChI is InChI=1S/C16H24FNO3/c1-11(9-10-21-15(20)18-16(2,3)4)14(19)12-5-7-13(17)8-6-12/h5-8,11,14,19H,9-10H2,1-4H3,(H,18,20)/t11-,14-/m1/s1. The van der Waals surface area contributed by atoms with Gasteiger partial charge in [0.15, 0.2) is 0 Å². The maximum atomic E-state index is 12.8. The van der Waals surface area contributed by atoms with Gasteiger partial charge in [-0.2, -0.15) is 0 Å². The summed E-state index contributed by atoms with van der Waals surface area (Å²) < 4.78 is 17.9. The highest BCUT2D eigenvalue weighted by atomic mass is 19.1. The van der Waals surface area contributed by atoms with Crippen LogP contribution in [0.4, 0.5) is 9.18 Å². The van der Waals surface area contributed by atoms with Gasteiger partial charge in [-0.05, 0) is 50.8 Å². The Morgan fingerprint density at radius 3 is 2.43 bits per heavy atom. The number of hydrogen-bond acceptors (Lipinski definition) is 3. The number of hydrogen-bond donors (Lipinski definition) is 2. The number of benzene rings is 1. The first kappa shape index (κ1) is 17.4. The molecule has 1 rings (SSSR count). The van der Waals surface area contributed by atoms with Crippen LogP contribution in [0.15, 0.2) is 24.3 Å². The summed E-state index contributed by atoms with van der Waals surface area (Å²) in [6.07, 6.45) is -0.651. The molecule has 0 heterocycles. The largest absolute Gasteiger partial charge is 0.450 e. The van der Waals surface area contributed by atoms with E-state index in [2.05, 4.69) is 5.32 Å². The number of carbonyl (C=O) groups is 1.